The minimum absolute atomic E-state index is 0.886. The average Bonchev–Trinajstić information content (AvgIpc) is 2.58. The van der Waals surface area contributed by atoms with Gasteiger partial charge in [0.2, 0.25) is 0 Å². The second-order valence-corrected chi connectivity index (χ2v) is 7.01. The van der Waals surface area contributed by atoms with E-state index in [0.717, 1.165) is 11.7 Å². The van der Waals surface area contributed by atoms with Crippen LogP contribution in [-0.4, -0.2) is 31.6 Å². The van der Waals surface area contributed by atoms with Crippen molar-refractivity contribution < 1.29 is 4.74 Å². The summed E-state index contributed by atoms with van der Waals surface area (Å²) in [7, 11) is 1.73. The number of likely N-dealkylation sites (tertiary alicyclic amines) is 1. The van der Waals surface area contributed by atoms with E-state index in [4.69, 9.17) is 4.74 Å². The molecule has 0 radical (unpaired) electrons. The predicted octanol–water partition coefficient (Wildman–Crippen LogP) is 4.90. The van der Waals surface area contributed by atoms with E-state index in [1.807, 2.05) is 0 Å². The fourth-order valence-electron chi connectivity index (χ4n) is 3.81. The van der Waals surface area contributed by atoms with E-state index >= 15 is 0 Å². The molecule has 3 rings (SSSR count). The zero-order valence-electron chi connectivity index (χ0n) is 14.6. The van der Waals surface area contributed by atoms with Crippen LogP contribution in [0.1, 0.15) is 38.2 Å². The lowest BCUT2D eigenvalue weighted by atomic mass is 9.98. The molecule has 1 heterocycles. The van der Waals surface area contributed by atoms with E-state index in [0.29, 0.717) is 0 Å². The second-order valence-electron chi connectivity index (χ2n) is 7.01. The van der Waals surface area contributed by atoms with Crippen LogP contribution in [0.15, 0.2) is 36.4 Å². The lowest BCUT2D eigenvalue weighted by molar-refractivity contribution is 0.181. The summed E-state index contributed by atoms with van der Waals surface area (Å²) >= 11 is 0. The van der Waals surface area contributed by atoms with Gasteiger partial charge in [0.1, 0.15) is 5.75 Å². The fraction of sp³-hybridized carbons (Fsp3) is 0.524. The number of rotatable bonds is 6. The summed E-state index contributed by atoms with van der Waals surface area (Å²) < 4.78 is 5.33. The highest BCUT2D eigenvalue weighted by molar-refractivity contribution is 5.87. The zero-order chi connectivity index (χ0) is 16.1. The molecule has 2 aromatic carbocycles. The van der Waals surface area contributed by atoms with Crippen molar-refractivity contribution in [3.8, 4) is 5.75 Å². The molecule has 1 saturated heterocycles. The lowest BCUT2D eigenvalue weighted by Gasteiger charge is -2.30. The summed E-state index contributed by atoms with van der Waals surface area (Å²) in [5, 5.41) is 2.66. The molecule has 2 aromatic rings. The minimum atomic E-state index is 0.886. The van der Waals surface area contributed by atoms with Crippen molar-refractivity contribution in [2.45, 2.75) is 39.0 Å². The van der Waals surface area contributed by atoms with Gasteiger partial charge < -0.3 is 9.64 Å². The fourth-order valence-corrected chi connectivity index (χ4v) is 3.81. The first-order valence-electron chi connectivity index (χ1n) is 9.04. The smallest absolute Gasteiger partial charge is 0.119 e. The Bertz CT molecular complexity index is 637. The van der Waals surface area contributed by atoms with Gasteiger partial charge in [-0.05, 0) is 79.6 Å². The van der Waals surface area contributed by atoms with Crippen LogP contribution in [0.4, 0.5) is 0 Å². The number of methoxy groups -OCH3 is 1. The van der Waals surface area contributed by atoms with E-state index in [1.165, 1.54) is 68.1 Å². The van der Waals surface area contributed by atoms with Crippen molar-refractivity contribution in [3.05, 3.63) is 42.0 Å². The Kier molecular flexibility index (Phi) is 5.56. The monoisotopic (exact) mass is 311 g/mol. The number of aryl methyl sites for hydroxylation is 1. The topological polar surface area (TPSA) is 12.5 Å². The second kappa shape index (κ2) is 7.83. The first-order chi connectivity index (χ1) is 11.3. The summed E-state index contributed by atoms with van der Waals surface area (Å²) in [4.78, 5) is 2.65. The van der Waals surface area contributed by atoms with Crippen LogP contribution in [0.3, 0.4) is 0 Å². The summed E-state index contributed by atoms with van der Waals surface area (Å²) in [6, 6.07) is 13.0. The molecular weight excluding hydrogens is 282 g/mol. The molecule has 1 aliphatic rings. The van der Waals surface area contributed by atoms with Gasteiger partial charge in [-0.15, -0.1) is 0 Å². The highest BCUT2D eigenvalue weighted by Crippen LogP contribution is 2.25. The van der Waals surface area contributed by atoms with Gasteiger partial charge in [-0.25, -0.2) is 0 Å². The maximum atomic E-state index is 5.33. The summed E-state index contributed by atoms with van der Waals surface area (Å²) in [6.45, 7) is 6.26. The van der Waals surface area contributed by atoms with Crippen molar-refractivity contribution in [2.75, 3.05) is 26.7 Å². The third kappa shape index (κ3) is 4.26. The highest BCUT2D eigenvalue weighted by Gasteiger charge is 2.15. The van der Waals surface area contributed by atoms with Crippen LogP contribution >= 0.6 is 0 Å². The number of unbranched alkanes of at least 4 members (excludes halogenated alkanes) is 1. The maximum Gasteiger partial charge on any atom is 0.119 e. The number of piperidine rings is 1. The van der Waals surface area contributed by atoms with Gasteiger partial charge in [0.25, 0.3) is 0 Å². The SMILES string of the molecule is COc1ccc2c(CCCCN3CCC[C@@H](C)C3)cccc2c1. The molecule has 0 N–H and O–H groups in total. The average molecular weight is 311 g/mol. The molecule has 23 heavy (non-hydrogen) atoms. The predicted molar refractivity (Wildman–Crippen MR) is 98.3 cm³/mol. The van der Waals surface area contributed by atoms with Gasteiger partial charge in [0.05, 0.1) is 7.11 Å². The molecule has 2 heteroatoms. The molecule has 0 aromatic heterocycles. The van der Waals surface area contributed by atoms with Crippen LogP contribution in [0.5, 0.6) is 5.75 Å². The number of hydrogen-bond acceptors (Lipinski definition) is 2. The molecule has 0 unspecified atom stereocenters. The first kappa shape index (κ1) is 16.3. The number of ether oxygens (including phenoxy) is 1. The van der Waals surface area contributed by atoms with Crippen LogP contribution in [0.2, 0.25) is 0 Å². The Labute approximate surface area is 140 Å². The largest absolute Gasteiger partial charge is 0.497 e. The number of fused-ring (bicyclic) bond motifs is 1. The number of nitrogens with zero attached hydrogens (tertiary/aromatic N) is 1. The van der Waals surface area contributed by atoms with E-state index < -0.39 is 0 Å². The van der Waals surface area contributed by atoms with Crippen molar-refractivity contribution in [2.24, 2.45) is 5.92 Å². The Balaban J connectivity index is 1.55. The minimum Gasteiger partial charge on any atom is -0.497 e. The van der Waals surface area contributed by atoms with Gasteiger partial charge in [-0.3, -0.25) is 0 Å². The zero-order valence-corrected chi connectivity index (χ0v) is 14.6. The molecule has 2 nitrogen and oxygen atoms in total. The standard InChI is InChI=1S/C21H29NO/c1-17-7-6-14-22(16-17)13-4-3-8-18-9-5-10-19-15-20(23-2)11-12-21(18)19/h5,9-12,15,17H,3-4,6-8,13-14,16H2,1-2H3/t17-/m1/s1. The van der Waals surface area contributed by atoms with Gasteiger partial charge in [-0.1, -0.05) is 31.2 Å². The summed E-state index contributed by atoms with van der Waals surface area (Å²) in [5.41, 5.74) is 1.47. The number of benzene rings is 2. The van der Waals surface area contributed by atoms with Gasteiger partial charge in [-0.2, -0.15) is 0 Å². The first-order valence-corrected chi connectivity index (χ1v) is 9.04. The third-order valence-electron chi connectivity index (χ3n) is 5.09. The molecule has 0 aliphatic carbocycles. The van der Waals surface area contributed by atoms with Gasteiger partial charge in [0, 0.05) is 6.54 Å². The Morgan fingerprint density at radius 1 is 1.17 bits per heavy atom. The van der Waals surface area contributed by atoms with Crippen molar-refractivity contribution in [3.63, 3.8) is 0 Å². The Morgan fingerprint density at radius 2 is 2.09 bits per heavy atom. The normalized spacial score (nSPS) is 19.1. The van der Waals surface area contributed by atoms with Crippen LogP contribution in [-0.2, 0) is 6.42 Å². The van der Waals surface area contributed by atoms with Crippen LogP contribution in [0.25, 0.3) is 10.8 Å². The highest BCUT2D eigenvalue weighted by atomic mass is 16.5. The van der Waals surface area contributed by atoms with Crippen molar-refractivity contribution >= 4 is 10.8 Å². The van der Waals surface area contributed by atoms with Crippen molar-refractivity contribution in [1.82, 2.24) is 4.90 Å². The molecule has 1 aliphatic heterocycles. The quantitative estimate of drug-likeness (QED) is 0.703. The molecule has 0 spiro atoms. The molecule has 0 saturated carbocycles. The molecular formula is C21H29NO. The molecule has 1 fully saturated rings. The molecule has 0 amide bonds. The van der Waals surface area contributed by atoms with Gasteiger partial charge >= 0.3 is 0 Å². The van der Waals surface area contributed by atoms with E-state index in [2.05, 4.69) is 48.2 Å². The lowest BCUT2D eigenvalue weighted by Crippen LogP contribution is -2.34. The van der Waals surface area contributed by atoms with Crippen LogP contribution in [0, 0.1) is 5.92 Å². The summed E-state index contributed by atoms with van der Waals surface area (Å²) in [5.74, 6) is 1.82. The third-order valence-corrected chi connectivity index (χ3v) is 5.09. The summed E-state index contributed by atoms with van der Waals surface area (Å²) in [6.07, 6.45) is 6.55. The van der Waals surface area contributed by atoms with E-state index in [9.17, 15) is 0 Å². The Hall–Kier alpha value is -1.54. The van der Waals surface area contributed by atoms with E-state index in [-0.39, 0.29) is 0 Å². The number of hydrogen-bond donors (Lipinski definition) is 0. The Morgan fingerprint density at radius 3 is 2.91 bits per heavy atom. The maximum absolute atomic E-state index is 5.33. The van der Waals surface area contributed by atoms with Gasteiger partial charge in [0.15, 0.2) is 0 Å². The molecule has 124 valence electrons. The molecule has 1 atom stereocenters. The van der Waals surface area contributed by atoms with E-state index in [1.54, 1.807) is 7.11 Å². The van der Waals surface area contributed by atoms with Crippen molar-refractivity contribution in [1.29, 1.82) is 0 Å². The molecule has 0 bridgehead atoms. The van der Waals surface area contributed by atoms with Crippen LogP contribution < -0.4 is 4.74 Å².